The van der Waals surface area contributed by atoms with E-state index in [4.69, 9.17) is 24.4 Å². The second kappa shape index (κ2) is 14.7. The molecule has 0 saturated heterocycles. The average Bonchev–Trinajstić information content (AvgIpc) is 2.53. The lowest BCUT2D eigenvalue weighted by atomic mass is 10.6. The molecule has 0 aromatic heterocycles. The van der Waals surface area contributed by atoms with Crippen LogP contribution in [0.5, 0.6) is 0 Å². The molecule has 0 aliphatic carbocycles. The molecule has 0 aromatic rings. The van der Waals surface area contributed by atoms with Crippen LogP contribution >= 0.6 is 79.4 Å². The molecule has 0 amide bonds. The lowest BCUT2D eigenvalue weighted by Crippen LogP contribution is -2.26. The van der Waals surface area contributed by atoms with Crippen LogP contribution in [0.4, 0.5) is 0 Å². The highest BCUT2D eigenvalue weighted by Crippen LogP contribution is 2.43. The summed E-state index contributed by atoms with van der Waals surface area (Å²) in [6.07, 6.45) is 0. The molecule has 2 unspecified atom stereocenters. The quantitative estimate of drug-likeness (QED) is 0.210. The van der Waals surface area contributed by atoms with Crippen molar-refractivity contribution in [3.63, 3.8) is 0 Å². The van der Waals surface area contributed by atoms with Crippen molar-refractivity contribution < 1.29 is 0 Å². The van der Waals surface area contributed by atoms with Crippen LogP contribution in [0, 0.1) is 0 Å². The molecule has 2 nitrogen and oxygen atoms in total. The fourth-order valence-corrected chi connectivity index (χ4v) is 9.57. The molecule has 136 valence electrons. The van der Waals surface area contributed by atoms with Crippen molar-refractivity contribution in [2.45, 2.75) is 50.7 Å². The SMILES string of the molecule is CCN(CC)C(=S)SSC(C)SC(C)SSC(=S)N(CC)CC. The number of thioether (sulfide) groups is 1. The summed E-state index contributed by atoms with van der Waals surface area (Å²) in [4.78, 5) is 4.45. The maximum atomic E-state index is 5.47. The first-order valence-corrected chi connectivity index (χ1v) is 14.0. The topological polar surface area (TPSA) is 6.48 Å². The summed E-state index contributed by atoms with van der Waals surface area (Å²) >= 11 is 12.9. The fourth-order valence-electron chi connectivity index (χ4n) is 1.60. The summed E-state index contributed by atoms with van der Waals surface area (Å²) in [7, 11) is 7.15. The number of rotatable bonds is 10. The normalized spacial score (nSPS) is 13.5. The van der Waals surface area contributed by atoms with Crippen LogP contribution in [0.15, 0.2) is 0 Å². The van der Waals surface area contributed by atoms with Crippen molar-refractivity contribution in [1.82, 2.24) is 9.80 Å². The van der Waals surface area contributed by atoms with E-state index < -0.39 is 0 Å². The van der Waals surface area contributed by atoms with Gasteiger partial charge in [-0.25, -0.2) is 0 Å². The first-order chi connectivity index (χ1) is 10.9. The van der Waals surface area contributed by atoms with Gasteiger partial charge < -0.3 is 9.80 Å². The lowest BCUT2D eigenvalue weighted by Gasteiger charge is -2.23. The van der Waals surface area contributed by atoms with Gasteiger partial charge in [0.25, 0.3) is 0 Å². The van der Waals surface area contributed by atoms with Gasteiger partial charge in [0.1, 0.15) is 8.64 Å². The van der Waals surface area contributed by atoms with E-state index in [0.29, 0.717) is 9.16 Å². The Kier molecular flexibility index (Phi) is 15.6. The van der Waals surface area contributed by atoms with Crippen LogP contribution < -0.4 is 0 Å². The summed E-state index contributed by atoms with van der Waals surface area (Å²) in [6, 6.07) is 0. The van der Waals surface area contributed by atoms with Gasteiger partial charge in [0.15, 0.2) is 0 Å². The van der Waals surface area contributed by atoms with Crippen LogP contribution in [0.3, 0.4) is 0 Å². The number of hydrogen-bond acceptors (Lipinski definition) is 7. The molecular weight excluding hydrogens is 421 g/mol. The minimum Gasteiger partial charge on any atom is -0.357 e. The van der Waals surface area contributed by atoms with Gasteiger partial charge >= 0.3 is 0 Å². The molecule has 0 spiro atoms. The van der Waals surface area contributed by atoms with Crippen molar-refractivity contribution in [1.29, 1.82) is 0 Å². The van der Waals surface area contributed by atoms with Crippen molar-refractivity contribution in [3.05, 3.63) is 0 Å². The third-order valence-electron chi connectivity index (χ3n) is 2.94. The zero-order valence-electron chi connectivity index (χ0n) is 14.7. The molecule has 0 fully saturated rings. The zero-order valence-corrected chi connectivity index (χ0v) is 20.5. The first kappa shape index (κ1) is 24.5. The van der Waals surface area contributed by atoms with Gasteiger partial charge in [-0.15, -0.1) is 11.8 Å². The monoisotopic (exact) mass is 448 g/mol. The summed E-state index contributed by atoms with van der Waals surface area (Å²) in [5, 5.41) is 0. The van der Waals surface area contributed by atoms with Crippen LogP contribution in [0.2, 0.25) is 0 Å². The van der Waals surface area contributed by atoms with Crippen molar-refractivity contribution in [2.24, 2.45) is 0 Å². The average molecular weight is 449 g/mol. The molecule has 0 heterocycles. The molecule has 0 N–H and O–H groups in total. The number of hydrogen-bond donors (Lipinski definition) is 0. The van der Waals surface area contributed by atoms with Crippen molar-refractivity contribution in [2.75, 3.05) is 26.2 Å². The Morgan fingerprint density at radius 2 is 1.04 bits per heavy atom. The van der Waals surface area contributed by atoms with E-state index in [1.807, 2.05) is 33.3 Å². The van der Waals surface area contributed by atoms with Crippen LogP contribution in [0.25, 0.3) is 0 Å². The Morgan fingerprint density at radius 1 is 0.739 bits per heavy atom. The first-order valence-electron chi connectivity index (χ1n) is 7.79. The van der Waals surface area contributed by atoms with Gasteiger partial charge in [-0.1, -0.05) is 46.0 Å². The minimum absolute atomic E-state index is 0.499. The van der Waals surface area contributed by atoms with Crippen molar-refractivity contribution >= 4 is 88.0 Å². The molecule has 0 radical (unpaired) electrons. The van der Waals surface area contributed by atoms with E-state index in [2.05, 4.69) is 51.3 Å². The van der Waals surface area contributed by atoms with Crippen molar-refractivity contribution in [3.8, 4) is 0 Å². The minimum atomic E-state index is 0.499. The molecule has 0 aromatic carbocycles. The standard InChI is InChI=1S/C14H28N2S7/c1-7-15(8-2)13(17)22-20-11(5)19-12(6)21-23-14(18)16(9-3)10-4/h11-12H,7-10H2,1-6H3. The Labute approximate surface area is 173 Å². The predicted octanol–water partition coefficient (Wildman–Crippen LogP) is 6.43. The maximum Gasteiger partial charge on any atom is 0.147 e. The summed E-state index contributed by atoms with van der Waals surface area (Å²) in [5.74, 6) is 0. The van der Waals surface area contributed by atoms with E-state index in [1.54, 1.807) is 21.6 Å². The van der Waals surface area contributed by atoms with E-state index in [9.17, 15) is 0 Å². The Hall–Kier alpha value is 1.53. The van der Waals surface area contributed by atoms with Gasteiger partial charge in [-0.05, 0) is 63.1 Å². The third kappa shape index (κ3) is 11.0. The third-order valence-corrected chi connectivity index (χ3v) is 12.1. The second-order valence-electron chi connectivity index (χ2n) is 4.51. The smallest absolute Gasteiger partial charge is 0.147 e. The van der Waals surface area contributed by atoms with Gasteiger partial charge in [0.05, 0.1) is 9.16 Å². The van der Waals surface area contributed by atoms with Gasteiger partial charge in [-0.3, -0.25) is 0 Å². The summed E-state index contributed by atoms with van der Waals surface area (Å²) in [5.41, 5.74) is 0. The van der Waals surface area contributed by atoms with Gasteiger partial charge in [-0.2, -0.15) is 0 Å². The summed E-state index contributed by atoms with van der Waals surface area (Å²) < 4.78 is 2.98. The fraction of sp³-hybridized carbons (Fsp3) is 0.857. The Bertz CT molecular complexity index is 314. The van der Waals surface area contributed by atoms with Gasteiger partial charge in [0, 0.05) is 26.2 Å². The molecule has 0 rings (SSSR count). The predicted molar refractivity (Wildman–Crippen MR) is 128 cm³/mol. The summed E-state index contributed by atoms with van der Waals surface area (Å²) in [6.45, 7) is 17.0. The zero-order chi connectivity index (χ0) is 17.8. The maximum absolute atomic E-state index is 5.47. The van der Waals surface area contributed by atoms with E-state index in [-0.39, 0.29) is 0 Å². The largest absolute Gasteiger partial charge is 0.357 e. The molecule has 9 heteroatoms. The molecule has 2 atom stereocenters. The Balaban J connectivity index is 4.04. The second-order valence-corrected chi connectivity index (χ2v) is 13.1. The van der Waals surface area contributed by atoms with E-state index in [1.165, 1.54) is 0 Å². The van der Waals surface area contributed by atoms with Crippen LogP contribution in [-0.2, 0) is 0 Å². The highest BCUT2D eigenvalue weighted by molar-refractivity contribution is 8.86. The van der Waals surface area contributed by atoms with E-state index in [0.717, 1.165) is 34.8 Å². The molecule has 0 saturated carbocycles. The van der Waals surface area contributed by atoms with Crippen LogP contribution in [-0.4, -0.2) is 53.8 Å². The highest BCUT2D eigenvalue weighted by atomic mass is 33.1. The lowest BCUT2D eigenvalue weighted by molar-refractivity contribution is 0.482. The number of thiocarbonyl (C=S) groups is 2. The van der Waals surface area contributed by atoms with Gasteiger partial charge in [0.2, 0.25) is 0 Å². The number of nitrogens with zero attached hydrogens (tertiary/aromatic N) is 2. The van der Waals surface area contributed by atoms with E-state index >= 15 is 0 Å². The highest BCUT2D eigenvalue weighted by Gasteiger charge is 2.15. The molecule has 0 aliphatic heterocycles. The molecule has 0 bridgehead atoms. The Morgan fingerprint density at radius 3 is 1.30 bits per heavy atom. The van der Waals surface area contributed by atoms with Crippen LogP contribution in [0.1, 0.15) is 41.5 Å². The molecular formula is C14H28N2S7. The molecule has 23 heavy (non-hydrogen) atoms. The molecule has 0 aliphatic rings.